The van der Waals surface area contributed by atoms with Gasteiger partial charge in [0.15, 0.2) is 0 Å². The molecule has 0 rings (SSSR count). The molecule has 0 fully saturated rings. The fraction of sp³-hybridized carbons (Fsp3) is 1.00. The zero-order valence-electron chi connectivity index (χ0n) is 13.6. The van der Waals surface area contributed by atoms with Gasteiger partial charge in [-0.25, -0.2) is 0 Å². The maximum Gasteiger partial charge on any atom is 0.500 e. The monoisotopic (exact) mass is 358 g/mol. The van der Waals surface area contributed by atoms with Gasteiger partial charge in [-0.3, -0.25) is 0 Å². The molecule has 0 heterocycles. The van der Waals surface area contributed by atoms with E-state index >= 15 is 0 Å². The molecule has 0 N–H and O–H groups in total. The summed E-state index contributed by atoms with van der Waals surface area (Å²) in [5, 5.41) is -1.17. The molecule has 0 atom stereocenters. The average molecular weight is 359 g/mol. The van der Waals surface area contributed by atoms with E-state index in [1.807, 2.05) is 32.2 Å². The zero-order chi connectivity index (χ0) is 15.5. The molecule has 0 saturated heterocycles. The Morgan fingerprint density at radius 3 is 1.70 bits per heavy atom. The first-order valence-corrected chi connectivity index (χ1v) is 14.3. The lowest BCUT2D eigenvalue weighted by Gasteiger charge is -2.28. The quantitative estimate of drug-likeness (QED) is 0.273. The molecule has 0 aliphatic rings. The highest BCUT2D eigenvalue weighted by molar-refractivity contribution is 8.70. The van der Waals surface area contributed by atoms with Gasteiger partial charge in [0.1, 0.15) is 0 Å². The van der Waals surface area contributed by atoms with Crippen molar-refractivity contribution in [2.24, 2.45) is 0 Å². The minimum absolute atomic E-state index is 0.654. The maximum absolute atomic E-state index is 5.86. The number of hydrogen-bond acceptors (Lipinski definition) is 5. The summed E-state index contributed by atoms with van der Waals surface area (Å²) in [6, 6.07) is 0.901. The van der Waals surface area contributed by atoms with Crippen molar-refractivity contribution in [1.29, 1.82) is 0 Å². The third kappa shape index (κ3) is 7.92. The molecule has 122 valence electrons. The van der Waals surface area contributed by atoms with E-state index < -0.39 is 14.0 Å². The standard InChI is InChI=1S/C13H31O3PS2Si/c1-6-14-20(15-7-2,16-8-3)13-11-12-19-17(18,9-4)10-5/h6-13H2,1-5H3. The molecule has 0 aromatic carbocycles. The Hall–Kier alpha value is 1.10. The summed E-state index contributed by atoms with van der Waals surface area (Å²) in [6.45, 7) is 12.4. The van der Waals surface area contributed by atoms with Crippen LogP contribution in [0.3, 0.4) is 0 Å². The predicted molar refractivity (Wildman–Crippen MR) is 97.9 cm³/mol. The van der Waals surface area contributed by atoms with E-state index in [0.29, 0.717) is 19.8 Å². The Labute approximate surface area is 135 Å². The molecule has 0 aliphatic carbocycles. The molecule has 0 aliphatic heterocycles. The molecule has 7 heteroatoms. The van der Waals surface area contributed by atoms with Crippen molar-refractivity contribution in [3.8, 4) is 0 Å². The van der Waals surface area contributed by atoms with Crippen LogP contribution >= 0.6 is 16.6 Å². The summed E-state index contributed by atoms with van der Waals surface area (Å²) in [6.07, 6.45) is 3.36. The molecular formula is C13H31O3PS2Si. The van der Waals surface area contributed by atoms with Crippen molar-refractivity contribution in [1.82, 2.24) is 0 Å². The van der Waals surface area contributed by atoms with Crippen LogP contribution in [0.1, 0.15) is 41.0 Å². The lowest BCUT2D eigenvalue weighted by Crippen LogP contribution is -2.46. The van der Waals surface area contributed by atoms with Crippen LogP contribution in [-0.4, -0.2) is 46.7 Å². The van der Waals surface area contributed by atoms with Crippen LogP contribution in [-0.2, 0) is 25.1 Å². The summed E-state index contributed by atoms with van der Waals surface area (Å²) in [4.78, 5) is 0. The third-order valence-corrected chi connectivity index (χ3v) is 15.0. The summed E-state index contributed by atoms with van der Waals surface area (Å²) < 4.78 is 17.6. The van der Waals surface area contributed by atoms with E-state index in [-0.39, 0.29) is 0 Å². The van der Waals surface area contributed by atoms with Crippen LogP contribution in [0, 0.1) is 0 Å². The molecule has 0 spiro atoms. The van der Waals surface area contributed by atoms with Crippen LogP contribution in [0.5, 0.6) is 0 Å². The van der Waals surface area contributed by atoms with Crippen molar-refractivity contribution in [2.75, 3.05) is 37.9 Å². The van der Waals surface area contributed by atoms with Crippen molar-refractivity contribution >= 4 is 37.2 Å². The predicted octanol–water partition coefficient (Wildman–Crippen LogP) is 4.59. The first-order chi connectivity index (χ1) is 9.51. The van der Waals surface area contributed by atoms with Crippen molar-refractivity contribution in [3.05, 3.63) is 0 Å². The highest BCUT2D eigenvalue weighted by atomic mass is 32.9. The number of hydrogen-bond donors (Lipinski definition) is 0. The van der Waals surface area contributed by atoms with Gasteiger partial charge in [0, 0.05) is 31.1 Å². The molecular weight excluding hydrogens is 327 g/mol. The minimum Gasteiger partial charge on any atom is -0.374 e. The van der Waals surface area contributed by atoms with Crippen molar-refractivity contribution in [2.45, 2.75) is 47.1 Å². The Morgan fingerprint density at radius 2 is 1.35 bits per heavy atom. The molecule has 0 saturated carbocycles. The second-order valence-electron chi connectivity index (χ2n) is 4.37. The Kier molecular flexibility index (Phi) is 12.3. The van der Waals surface area contributed by atoms with Crippen LogP contribution in [0.2, 0.25) is 6.04 Å². The van der Waals surface area contributed by atoms with Crippen LogP contribution < -0.4 is 0 Å². The van der Waals surface area contributed by atoms with Crippen LogP contribution in [0.15, 0.2) is 0 Å². The largest absolute Gasteiger partial charge is 0.500 e. The first kappa shape index (κ1) is 21.1. The van der Waals surface area contributed by atoms with E-state index in [0.717, 1.165) is 30.5 Å². The first-order valence-electron chi connectivity index (χ1n) is 7.65. The second kappa shape index (κ2) is 11.6. The van der Waals surface area contributed by atoms with Crippen molar-refractivity contribution < 1.29 is 13.3 Å². The van der Waals surface area contributed by atoms with Gasteiger partial charge in [-0.2, -0.15) is 0 Å². The summed E-state index contributed by atoms with van der Waals surface area (Å²) in [5.41, 5.74) is 0. The van der Waals surface area contributed by atoms with Crippen molar-refractivity contribution in [3.63, 3.8) is 0 Å². The highest BCUT2D eigenvalue weighted by Gasteiger charge is 2.39. The fourth-order valence-corrected chi connectivity index (χ4v) is 9.37. The van der Waals surface area contributed by atoms with Gasteiger partial charge < -0.3 is 13.3 Å². The summed E-state index contributed by atoms with van der Waals surface area (Å²) >= 11 is 7.76. The van der Waals surface area contributed by atoms with E-state index in [9.17, 15) is 0 Å². The van der Waals surface area contributed by atoms with Gasteiger partial charge in [-0.15, -0.1) is 11.4 Å². The lowest BCUT2D eigenvalue weighted by atomic mass is 10.6. The Balaban J connectivity index is 4.35. The Bertz CT molecular complexity index is 268. The molecule has 20 heavy (non-hydrogen) atoms. The minimum atomic E-state index is -2.45. The highest BCUT2D eigenvalue weighted by Crippen LogP contribution is 2.58. The number of rotatable bonds is 13. The van der Waals surface area contributed by atoms with Gasteiger partial charge >= 0.3 is 8.80 Å². The molecule has 0 unspecified atom stereocenters. The third-order valence-electron chi connectivity index (χ3n) is 3.01. The second-order valence-corrected chi connectivity index (χ2v) is 16.3. The molecule has 0 aromatic rings. The van der Waals surface area contributed by atoms with Crippen LogP contribution in [0.25, 0.3) is 0 Å². The van der Waals surface area contributed by atoms with Gasteiger partial charge in [0.2, 0.25) is 0 Å². The normalized spacial score (nSPS) is 12.8. The molecule has 0 amide bonds. The van der Waals surface area contributed by atoms with Gasteiger partial charge in [-0.1, -0.05) is 25.7 Å². The SMILES string of the molecule is CCO[Si](CCCSP(=S)(CC)CC)(OCC)OCC. The summed E-state index contributed by atoms with van der Waals surface area (Å²) in [7, 11) is -2.45. The average Bonchev–Trinajstić information content (AvgIpc) is 2.44. The van der Waals surface area contributed by atoms with E-state index in [1.54, 1.807) is 0 Å². The topological polar surface area (TPSA) is 27.7 Å². The molecule has 0 aromatic heterocycles. The summed E-state index contributed by atoms with van der Waals surface area (Å²) in [5.74, 6) is 1.10. The van der Waals surface area contributed by atoms with Gasteiger partial charge in [0.05, 0.1) is 0 Å². The van der Waals surface area contributed by atoms with Gasteiger partial charge in [0.25, 0.3) is 0 Å². The molecule has 3 nitrogen and oxygen atoms in total. The van der Waals surface area contributed by atoms with E-state index in [2.05, 4.69) is 13.8 Å². The molecule has 0 radical (unpaired) electrons. The zero-order valence-corrected chi connectivity index (χ0v) is 17.2. The fourth-order valence-electron chi connectivity index (χ4n) is 1.93. The smallest absolute Gasteiger partial charge is 0.374 e. The molecule has 0 bridgehead atoms. The maximum atomic E-state index is 5.86. The lowest BCUT2D eigenvalue weighted by molar-refractivity contribution is 0.0712. The van der Waals surface area contributed by atoms with Gasteiger partial charge in [-0.05, 0) is 45.3 Å². The van der Waals surface area contributed by atoms with E-state index in [4.69, 9.17) is 25.1 Å². The Morgan fingerprint density at radius 1 is 0.900 bits per heavy atom. The van der Waals surface area contributed by atoms with E-state index in [1.165, 1.54) is 0 Å². The van der Waals surface area contributed by atoms with Crippen LogP contribution in [0.4, 0.5) is 0 Å².